The lowest BCUT2D eigenvalue weighted by Gasteiger charge is -2.25. The summed E-state index contributed by atoms with van der Waals surface area (Å²) in [7, 11) is 0. The van der Waals surface area contributed by atoms with Gasteiger partial charge in [-0.1, -0.05) is 30.3 Å². The first-order valence-corrected chi connectivity index (χ1v) is 8.20. The average Bonchev–Trinajstić information content (AvgIpc) is 2.56. The molecule has 0 saturated carbocycles. The fraction of sp³-hybridized carbons (Fsp3) is 0.300. The van der Waals surface area contributed by atoms with E-state index in [0.717, 1.165) is 30.4 Å². The maximum absolute atomic E-state index is 12.8. The van der Waals surface area contributed by atoms with Gasteiger partial charge >= 0.3 is 5.97 Å². The van der Waals surface area contributed by atoms with Gasteiger partial charge in [0.2, 0.25) is 5.91 Å². The molecule has 2 aromatic rings. The second-order valence-corrected chi connectivity index (χ2v) is 6.42. The molecule has 1 unspecified atom stereocenters. The van der Waals surface area contributed by atoms with Gasteiger partial charge in [-0.25, -0.2) is 4.79 Å². The molecule has 0 heterocycles. The summed E-state index contributed by atoms with van der Waals surface area (Å²) in [5.41, 5.74) is 4.68. The van der Waals surface area contributed by atoms with Crippen molar-refractivity contribution in [3.63, 3.8) is 0 Å². The molecule has 0 aliphatic heterocycles. The van der Waals surface area contributed by atoms with E-state index in [2.05, 4.69) is 11.4 Å². The maximum atomic E-state index is 12.8. The van der Waals surface area contributed by atoms with Gasteiger partial charge in [-0.15, -0.1) is 0 Å². The average molecular weight is 323 g/mol. The number of carbonyl (C=O) groups excluding carboxylic acids is 1. The molecule has 0 fully saturated rings. The van der Waals surface area contributed by atoms with Crippen molar-refractivity contribution in [3.05, 3.63) is 64.2 Å². The van der Waals surface area contributed by atoms with Gasteiger partial charge in [0.25, 0.3) is 0 Å². The molecule has 124 valence electrons. The Balaban J connectivity index is 1.89. The van der Waals surface area contributed by atoms with Gasteiger partial charge in [0.1, 0.15) is 0 Å². The number of amides is 1. The number of carboxylic acid groups (broad SMARTS) is 1. The van der Waals surface area contributed by atoms with Gasteiger partial charge in [0, 0.05) is 5.69 Å². The molecule has 1 aliphatic rings. The van der Waals surface area contributed by atoms with Crippen molar-refractivity contribution in [3.8, 4) is 0 Å². The van der Waals surface area contributed by atoms with Crippen molar-refractivity contribution < 1.29 is 14.7 Å². The van der Waals surface area contributed by atoms with E-state index in [4.69, 9.17) is 0 Å². The molecular formula is C20H21NO3. The number of aromatic carboxylic acids is 1. The number of nitrogens with one attached hydrogen (secondary N) is 1. The van der Waals surface area contributed by atoms with Crippen LogP contribution in [0.1, 0.15) is 51.4 Å². The number of carboxylic acids is 1. The molecular weight excluding hydrogens is 302 g/mol. The number of benzene rings is 2. The predicted molar refractivity (Wildman–Crippen MR) is 93.6 cm³/mol. The monoisotopic (exact) mass is 323 g/mol. The smallest absolute Gasteiger partial charge is 0.336 e. The summed E-state index contributed by atoms with van der Waals surface area (Å²) in [6.45, 7) is 3.64. The first-order chi connectivity index (χ1) is 11.5. The van der Waals surface area contributed by atoms with E-state index in [1.165, 1.54) is 5.56 Å². The van der Waals surface area contributed by atoms with E-state index >= 15 is 0 Å². The summed E-state index contributed by atoms with van der Waals surface area (Å²) in [4.78, 5) is 24.1. The molecule has 3 rings (SSSR count). The van der Waals surface area contributed by atoms with E-state index in [-0.39, 0.29) is 17.4 Å². The Morgan fingerprint density at radius 3 is 2.62 bits per heavy atom. The fourth-order valence-electron chi connectivity index (χ4n) is 3.46. The van der Waals surface area contributed by atoms with E-state index in [1.54, 1.807) is 19.1 Å². The van der Waals surface area contributed by atoms with Crippen LogP contribution in [0, 0.1) is 13.8 Å². The minimum atomic E-state index is -0.981. The molecule has 0 bridgehead atoms. The topological polar surface area (TPSA) is 66.4 Å². The van der Waals surface area contributed by atoms with Gasteiger partial charge in [0.15, 0.2) is 0 Å². The number of rotatable bonds is 3. The van der Waals surface area contributed by atoms with E-state index in [9.17, 15) is 14.7 Å². The standard InChI is InChI=1S/C20H21NO3/c1-12-10-13(2)18(11-17(12)20(23)24)21-19(22)16-9-5-7-14-6-3-4-8-15(14)16/h3-4,6,8,10-11,16H,5,7,9H2,1-2H3,(H,21,22)(H,23,24). The van der Waals surface area contributed by atoms with Gasteiger partial charge in [-0.2, -0.15) is 0 Å². The Kier molecular flexibility index (Phi) is 4.38. The molecule has 0 aromatic heterocycles. The van der Waals surface area contributed by atoms with Crippen LogP contribution in [-0.4, -0.2) is 17.0 Å². The second-order valence-electron chi connectivity index (χ2n) is 6.42. The highest BCUT2D eigenvalue weighted by molar-refractivity contribution is 5.98. The Labute approximate surface area is 141 Å². The molecule has 2 N–H and O–H groups in total. The molecule has 4 nitrogen and oxygen atoms in total. The highest BCUT2D eigenvalue weighted by Crippen LogP contribution is 2.33. The van der Waals surface area contributed by atoms with Crippen LogP contribution in [0.4, 0.5) is 5.69 Å². The van der Waals surface area contributed by atoms with Crippen LogP contribution in [0.3, 0.4) is 0 Å². The highest BCUT2D eigenvalue weighted by Gasteiger charge is 2.26. The van der Waals surface area contributed by atoms with Crippen LogP contribution < -0.4 is 5.32 Å². The van der Waals surface area contributed by atoms with Crippen LogP contribution >= 0.6 is 0 Å². The van der Waals surface area contributed by atoms with Crippen LogP contribution in [-0.2, 0) is 11.2 Å². The molecule has 4 heteroatoms. The first-order valence-electron chi connectivity index (χ1n) is 8.20. The lowest BCUT2D eigenvalue weighted by Crippen LogP contribution is -2.25. The number of carbonyl (C=O) groups is 2. The zero-order chi connectivity index (χ0) is 17.3. The molecule has 1 amide bonds. The van der Waals surface area contributed by atoms with Crippen molar-refractivity contribution in [2.45, 2.75) is 39.0 Å². The van der Waals surface area contributed by atoms with Crippen LogP contribution in [0.25, 0.3) is 0 Å². The fourth-order valence-corrected chi connectivity index (χ4v) is 3.46. The van der Waals surface area contributed by atoms with Crippen molar-refractivity contribution in [2.75, 3.05) is 5.32 Å². The third kappa shape index (κ3) is 3.04. The van der Waals surface area contributed by atoms with Gasteiger partial charge in [-0.3, -0.25) is 4.79 Å². The van der Waals surface area contributed by atoms with E-state index < -0.39 is 5.97 Å². The number of aryl methyl sites for hydroxylation is 3. The van der Waals surface area contributed by atoms with Crippen LogP contribution in [0.15, 0.2) is 36.4 Å². The lowest BCUT2D eigenvalue weighted by atomic mass is 9.82. The third-order valence-electron chi connectivity index (χ3n) is 4.75. The molecule has 2 aromatic carbocycles. The summed E-state index contributed by atoms with van der Waals surface area (Å²) in [5, 5.41) is 12.2. The summed E-state index contributed by atoms with van der Waals surface area (Å²) in [5.74, 6) is -1.22. The molecule has 1 atom stereocenters. The quantitative estimate of drug-likeness (QED) is 0.895. The summed E-state index contributed by atoms with van der Waals surface area (Å²) >= 11 is 0. The lowest BCUT2D eigenvalue weighted by molar-refractivity contribution is -0.117. The zero-order valence-electron chi connectivity index (χ0n) is 13.9. The maximum Gasteiger partial charge on any atom is 0.336 e. The molecule has 0 saturated heterocycles. The molecule has 1 aliphatic carbocycles. The van der Waals surface area contributed by atoms with Crippen molar-refractivity contribution in [1.82, 2.24) is 0 Å². The Morgan fingerprint density at radius 1 is 1.12 bits per heavy atom. The Hall–Kier alpha value is -2.62. The van der Waals surface area contributed by atoms with Crippen molar-refractivity contribution >= 4 is 17.6 Å². The van der Waals surface area contributed by atoms with Gasteiger partial charge in [0.05, 0.1) is 11.5 Å². The second kappa shape index (κ2) is 6.48. The Morgan fingerprint density at radius 2 is 1.88 bits per heavy atom. The van der Waals surface area contributed by atoms with Gasteiger partial charge in [-0.05, 0) is 61.4 Å². The molecule has 0 radical (unpaired) electrons. The number of fused-ring (bicyclic) bond motifs is 1. The van der Waals surface area contributed by atoms with Crippen molar-refractivity contribution in [1.29, 1.82) is 0 Å². The Bertz CT molecular complexity index is 811. The highest BCUT2D eigenvalue weighted by atomic mass is 16.4. The number of anilines is 1. The number of hydrogen-bond acceptors (Lipinski definition) is 2. The normalized spacial score (nSPS) is 16.3. The summed E-state index contributed by atoms with van der Waals surface area (Å²) in [6, 6.07) is 11.4. The van der Waals surface area contributed by atoms with Gasteiger partial charge < -0.3 is 10.4 Å². The minimum absolute atomic E-state index is 0.0644. The van der Waals surface area contributed by atoms with Crippen LogP contribution in [0.2, 0.25) is 0 Å². The van der Waals surface area contributed by atoms with Crippen molar-refractivity contribution in [2.24, 2.45) is 0 Å². The summed E-state index contributed by atoms with van der Waals surface area (Å²) in [6.07, 6.45) is 2.81. The summed E-state index contributed by atoms with van der Waals surface area (Å²) < 4.78 is 0. The number of hydrogen-bond donors (Lipinski definition) is 2. The first kappa shape index (κ1) is 16.2. The largest absolute Gasteiger partial charge is 0.478 e. The third-order valence-corrected chi connectivity index (χ3v) is 4.75. The predicted octanol–water partition coefficient (Wildman–Crippen LogP) is 4.06. The zero-order valence-corrected chi connectivity index (χ0v) is 13.9. The molecule has 0 spiro atoms. The van der Waals surface area contributed by atoms with Crippen LogP contribution in [0.5, 0.6) is 0 Å². The SMILES string of the molecule is Cc1cc(C)c(C(=O)O)cc1NC(=O)C1CCCc2ccccc21. The molecule has 24 heavy (non-hydrogen) atoms. The van der Waals surface area contributed by atoms with E-state index in [0.29, 0.717) is 11.3 Å². The minimum Gasteiger partial charge on any atom is -0.478 e. The van der Waals surface area contributed by atoms with E-state index in [1.807, 2.05) is 25.1 Å².